The Morgan fingerprint density at radius 2 is 0.812 bits per heavy atom. The SMILES string of the molecule is O=C(OC1OC(CO)C(O)C(OC(=O)c2cc(O)c(O)c(O)c2)C1OC(=O)c1cc(O)c(O)c(O)c1Oc1ccc(C(=O)OC2OC3COC(=O)c4cc(O)c(O)c(O)c4-c4c(cc(O)c(O)c4O)C(=O)OC3C(OC(=O)c3cc(O)c(O)c(O)c3)C2O)c(O)c1O)c1cc(O)c(O)c(O)c1. The lowest BCUT2D eigenvalue weighted by molar-refractivity contribution is -0.283. The second-order valence-electron chi connectivity index (χ2n) is 21.6. The molecule has 3 aliphatic rings. The highest BCUT2D eigenvalue weighted by Gasteiger charge is 2.55. The van der Waals surface area contributed by atoms with Gasteiger partial charge in [-0.3, -0.25) is 0 Å². The molecule has 10 unspecified atom stereocenters. The van der Waals surface area contributed by atoms with E-state index in [2.05, 4.69) is 0 Å². The number of cyclic esters (lactones) is 1. The van der Waals surface area contributed by atoms with Crippen molar-refractivity contribution in [2.75, 3.05) is 13.2 Å². The number of aromatic hydroxyl groups is 20. The smallest absolute Gasteiger partial charge is 0.344 e. The Hall–Kier alpha value is -13.6. The lowest BCUT2D eigenvalue weighted by atomic mass is 9.92. The van der Waals surface area contributed by atoms with E-state index in [9.17, 15) is 151 Å². The number of hydrogen-bond donors (Lipinski definition) is 23. The van der Waals surface area contributed by atoms with Gasteiger partial charge in [-0.05, 0) is 60.7 Å². The molecule has 0 spiro atoms. The highest BCUT2D eigenvalue weighted by molar-refractivity contribution is 6.08. The van der Waals surface area contributed by atoms with Crippen LogP contribution in [0.1, 0.15) is 72.5 Å². The van der Waals surface area contributed by atoms with Crippen molar-refractivity contribution in [1.29, 1.82) is 0 Å². The van der Waals surface area contributed by atoms with E-state index in [1.54, 1.807) is 0 Å². The van der Waals surface area contributed by atoms with Crippen LogP contribution in [0.25, 0.3) is 11.1 Å². The van der Waals surface area contributed by atoms with Crippen molar-refractivity contribution in [3.05, 3.63) is 106 Å². The van der Waals surface area contributed by atoms with Crippen molar-refractivity contribution in [2.24, 2.45) is 0 Å². The summed E-state index contributed by atoms with van der Waals surface area (Å²) in [6.07, 6.45) is -24.7. The van der Waals surface area contributed by atoms with Crippen molar-refractivity contribution in [1.82, 2.24) is 0 Å². The molecule has 2 fully saturated rings. The Bertz CT molecular complexity index is 4550. The number of benzene rings is 7. The third-order valence-electron chi connectivity index (χ3n) is 15.3. The summed E-state index contributed by atoms with van der Waals surface area (Å²) < 4.78 is 54.6. The van der Waals surface area contributed by atoms with E-state index in [1.165, 1.54) is 0 Å². The average molecular weight is 1420 g/mol. The van der Waals surface area contributed by atoms with Crippen LogP contribution in [-0.4, -0.2) is 234 Å². The first-order valence-corrected chi connectivity index (χ1v) is 28.1. The van der Waals surface area contributed by atoms with Gasteiger partial charge >= 0.3 is 41.8 Å². The first kappa shape index (κ1) is 70.2. The van der Waals surface area contributed by atoms with E-state index in [1.807, 2.05) is 0 Å². The predicted molar refractivity (Wildman–Crippen MR) is 312 cm³/mol. The molecule has 532 valence electrons. The van der Waals surface area contributed by atoms with E-state index in [-0.39, 0.29) is 6.07 Å². The second-order valence-corrected chi connectivity index (χ2v) is 21.6. The maximum absolute atomic E-state index is 14.5. The van der Waals surface area contributed by atoms with Gasteiger partial charge in [0.25, 0.3) is 0 Å². The number of phenols is 20. The van der Waals surface area contributed by atoms with E-state index in [0.717, 1.165) is 0 Å². The van der Waals surface area contributed by atoms with Crippen LogP contribution in [0.5, 0.6) is 126 Å². The normalized spacial score (nSPS) is 20.9. The molecule has 10 atom stereocenters. The summed E-state index contributed by atoms with van der Waals surface area (Å²) >= 11 is 0. The van der Waals surface area contributed by atoms with Gasteiger partial charge in [0.15, 0.2) is 122 Å². The van der Waals surface area contributed by atoms with Crippen LogP contribution in [0.4, 0.5) is 0 Å². The number of carbonyl (C=O) groups is 7. The molecule has 2 saturated heterocycles. The molecule has 3 aliphatic heterocycles. The van der Waals surface area contributed by atoms with Gasteiger partial charge < -0.3 is 165 Å². The standard InChI is InChI=1S/C61H48O40/c62-12-31-43(80)50(97-53(85)14-3-21(63)36(73)22(64)4-14)52(61(94-31)100-55(87)16-7-25(67)38(75)26(68)8-16)99-59(91)20-11-29(71)41(78)46(83)48(20)93-30-2-1-17(35(72)42(30)79)57(89)101-60-47(84)51(98-54(86)15-5-23(65)37(74)24(66)6-15)49-32(95-60)13-92-56(88)18-9-27(69)39(76)44(81)33(18)34-19(58(90)96-49)10-28(70)40(77)45(34)82/h1-11,31-32,43,47,49-52,60-84H,12-13H2. The molecule has 10 rings (SSSR count). The molecule has 40 heteroatoms. The quantitative estimate of drug-likeness (QED) is 0.0431. The highest BCUT2D eigenvalue weighted by Crippen LogP contribution is 2.54. The lowest BCUT2D eigenvalue weighted by Crippen LogP contribution is -2.62. The topological polar surface area (TPSA) is 677 Å². The molecule has 40 nitrogen and oxygen atoms in total. The van der Waals surface area contributed by atoms with Crippen LogP contribution in [0.3, 0.4) is 0 Å². The van der Waals surface area contributed by atoms with Crippen molar-refractivity contribution < 1.29 is 198 Å². The molecule has 3 heterocycles. The Labute approximate surface area is 556 Å². The molecule has 7 aromatic rings. The fourth-order valence-electron chi connectivity index (χ4n) is 10.2. The number of phenolic OH excluding ortho intramolecular Hbond substituents is 20. The zero-order valence-corrected chi connectivity index (χ0v) is 49.8. The Morgan fingerprint density at radius 3 is 1.31 bits per heavy atom. The first-order chi connectivity index (χ1) is 47.5. The Balaban J connectivity index is 0.980. The minimum Gasteiger partial charge on any atom is -0.504 e. The van der Waals surface area contributed by atoms with Crippen molar-refractivity contribution in [2.45, 2.75) is 61.4 Å². The monoisotopic (exact) mass is 1420 g/mol. The van der Waals surface area contributed by atoms with Crippen LogP contribution < -0.4 is 4.74 Å². The van der Waals surface area contributed by atoms with E-state index < -0.39 is 293 Å². The first-order valence-electron chi connectivity index (χ1n) is 28.1. The van der Waals surface area contributed by atoms with Crippen molar-refractivity contribution in [3.8, 4) is 138 Å². The zero-order chi connectivity index (χ0) is 74.0. The van der Waals surface area contributed by atoms with Crippen LogP contribution >= 0.6 is 0 Å². The van der Waals surface area contributed by atoms with E-state index in [0.29, 0.717) is 60.7 Å². The van der Waals surface area contributed by atoms with Crippen molar-refractivity contribution >= 4 is 41.8 Å². The fraction of sp³-hybridized carbons (Fsp3) is 0.197. The molecule has 0 aliphatic carbocycles. The van der Waals surface area contributed by atoms with Gasteiger partial charge in [0, 0.05) is 17.2 Å². The minimum atomic E-state index is -2.73. The van der Waals surface area contributed by atoms with Crippen LogP contribution in [0.2, 0.25) is 0 Å². The summed E-state index contributed by atoms with van der Waals surface area (Å²) in [5, 5.41) is 244. The number of ether oxygens (including phenoxy) is 10. The lowest BCUT2D eigenvalue weighted by Gasteiger charge is -2.42. The minimum absolute atomic E-state index is 0.268. The maximum atomic E-state index is 14.5. The summed E-state index contributed by atoms with van der Waals surface area (Å²) in [7, 11) is 0. The zero-order valence-electron chi connectivity index (χ0n) is 49.8. The molecule has 0 radical (unpaired) electrons. The summed E-state index contributed by atoms with van der Waals surface area (Å²) in [6, 6.07) is 5.20. The summed E-state index contributed by atoms with van der Waals surface area (Å²) in [4.78, 5) is 98.1. The van der Waals surface area contributed by atoms with Gasteiger partial charge in [-0.25, -0.2) is 33.6 Å². The molecule has 101 heavy (non-hydrogen) atoms. The van der Waals surface area contributed by atoms with Gasteiger partial charge in [-0.15, -0.1) is 0 Å². The van der Waals surface area contributed by atoms with Gasteiger partial charge in [-0.1, -0.05) is 0 Å². The average Bonchev–Trinajstić information content (AvgIpc) is 1.74. The van der Waals surface area contributed by atoms with E-state index in [4.69, 9.17) is 47.4 Å². The number of hydrogen-bond acceptors (Lipinski definition) is 40. The maximum Gasteiger partial charge on any atom is 0.344 e. The molecular formula is C61H48O40. The molecule has 23 N–H and O–H groups in total. The fourth-order valence-corrected chi connectivity index (χ4v) is 10.2. The number of fused-ring (bicyclic) bond motifs is 4. The third-order valence-corrected chi connectivity index (χ3v) is 15.3. The molecular weight excluding hydrogens is 1370 g/mol. The Morgan fingerprint density at radius 1 is 0.396 bits per heavy atom. The number of esters is 7. The van der Waals surface area contributed by atoms with Crippen LogP contribution in [0.15, 0.2) is 66.7 Å². The van der Waals surface area contributed by atoms with E-state index >= 15 is 0 Å². The van der Waals surface area contributed by atoms with Gasteiger partial charge in [0.2, 0.25) is 47.4 Å². The summed E-state index contributed by atoms with van der Waals surface area (Å²) in [5.41, 5.74) is -9.37. The second kappa shape index (κ2) is 26.8. The summed E-state index contributed by atoms with van der Waals surface area (Å²) in [5.74, 6) is -41.4. The van der Waals surface area contributed by atoms with Crippen LogP contribution in [-0.2, 0) is 42.6 Å². The molecule has 0 amide bonds. The molecule has 0 saturated carbocycles. The van der Waals surface area contributed by atoms with Gasteiger partial charge in [-0.2, -0.15) is 0 Å². The Kier molecular flexibility index (Phi) is 18.6. The van der Waals surface area contributed by atoms with Crippen molar-refractivity contribution in [3.63, 3.8) is 0 Å². The third kappa shape index (κ3) is 12.9. The van der Waals surface area contributed by atoms with Gasteiger partial charge in [0.1, 0.15) is 36.0 Å². The number of rotatable bonds is 13. The number of aliphatic hydroxyl groups is 3. The van der Waals surface area contributed by atoms with Crippen LogP contribution in [0, 0.1) is 0 Å². The largest absolute Gasteiger partial charge is 0.504 e. The predicted octanol–water partition coefficient (Wildman–Crippen LogP) is 0.808. The van der Waals surface area contributed by atoms with Gasteiger partial charge in [0.05, 0.1) is 34.4 Å². The highest BCUT2D eigenvalue weighted by atomic mass is 16.8. The molecule has 0 bridgehead atoms. The summed E-state index contributed by atoms with van der Waals surface area (Å²) in [6.45, 7) is -2.58. The number of aliphatic hydroxyl groups excluding tert-OH is 3. The molecule has 0 aromatic heterocycles. The number of carbonyl (C=O) groups excluding carboxylic acids is 7. The molecule has 7 aromatic carbocycles.